The van der Waals surface area contributed by atoms with E-state index in [-0.39, 0.29) is 12.5 Å². The Morgan fingerprint density at radius 2 is 2.13 bits per heavy atom. The fourth-order valence-electron chi connectivity index (χ4n) is 1.65. The molecule has 1 heterocycles. The molecule has 1 atom stereocenters. The summed E-state index contributed by atoms with van der Waals surface area (Å²) in [4.78, 5) is 0. The number of aryl methyl sites for hydroxylation is 2. The van der Waals surface area contributed by atoms with E-state index >= 15 is 0 Å². The Hall–Kier alpha value is -0.540. The smallest absolute Gasteiger partial charge is 0.0849 e. The molecule has 0 bridgehead atoms. The van der Waals surface area contributed by atoms with Gasteiger partial charge in [0.15, 0.2) is 0 Å². The molecule has 1 unspecified atom stereocenters. The molecule has 0 aliphatic heterocycles. The Bertz CT molecular complexity index is 319. The molecule has 0 aliphatic rings. The first-order valence-electron chi connectivity index (χ1n) is 5.45. The van der Waals surface area contributed by atoms with Gasteiger partial charge in [-0.15, -0.1) is 0 Å². The van der Waals surface area contributed by atoms with Gasteiger partial charge in [0.1, 0.15) is 0 Å². The van der Waals surface area contributed by atoms with Crippen LogP contribution in [0.1, 0.15) is 31.7 Å². The van der Waals surface area contributed by atoms with E-state index < -0.39 is 0 Å². The van der Waals surface area contributed by atoms with Gasteiger partial charge in [0.05, 0.1) is 16.4 Å². The van der Waals surface area contributed by atoms with Crippen LogP contribution in [0, 0.1) is 5.92 Å². The molecule has 1 N–H and O–H groups in total. The van der Waals surface area contributed by atoms with E-state index in [2.05, 4.69) is 12.0 Å². The second-order valence-electron chi connectivity index (χ2n) is 3.85. The highest BCUT2D eigenvalue weighted by Crippen LogP contribution is 2.24. The number of nitrogens with zero attached hydrogens (tertiary/aromatic N) is 2. The second-order valence-corrected chi connectivity index (χ2v) is 4.22. The molecule has 3 nitrogen and oxygen atoms in total. The van der Waals surface area contributed by atoms with E-state index in [1.165, 1.54) is 0 Å². The van der Waals surface area contributed by atoms with E-state index in [0.717, 1.165) is 35.7 Å². The summed E-state index contributed by atoms with van der Waals surface area (Å²) in [5.41, 5.74) is 1.98. The van der Waals surface area contributed by atoms with Crippen LogP contribution in [-0.4, -0.2) is 21.5 Å². The highest BCUT2D eigenvalue weighted by atomic mass is 35.5. The van der Waals surface area contributed by atoms with Crippen LogP contribution >= 0.6 is 11.6 Å². The van der Waals surface area contributed by atoms with Gasteiger partial charge in [0.2, 0.25) is 0 Å². The van der Waals surface area contributed by atoms with Crippen molar-refractivity contribution in [2.75, 3.05) is 6.61 Å². The topological polar surface area (TPSA) is 38.0 Å². The van der Waals surface area contributed by atoms with Crippen molar-refractivity contribution in [3.63, 3.8) is 0 Å². The molecule has 1 aromatic rings. The Labute approximate surface area is 96.1 Å². The molecule has 0 radical (unpaired) electrons. The first kappa shape index (κ1) is 12.5. The van der Waals surface area contributed by atoms with Gasteiger partial charge in [-0.25, -0.2) is 0 Å². The molecule has 4 heteroatoms. The molecular weight excluding hydrogens is 212 g/mol. The molecule has 0 saturated heterocycles. The van der Waals surface area contributed by atoms with Gasteiger partial charge in [0, 0.05) is 13.7 Å². The van der Waals surface area contributed by atoms with Crippen LogP contribution in [0.4, 0.5) is 0 Å². The van der Waals surface area contributed by atoms with Crippen molar-refractivity contribution in [1.82, 2.24) is 9.78 Å². The van der Waals surface area contributed by atoms with E-state index in [1.54, 1.807) is 0 Å². The highest BCUT2D eigenvalue weighted by molar-refractivity contribution is 6.31. The quantitative estimate of drug-likeness (QED) is 0.842. The van der Waals surface area contributed by atoms with Crippen LogP contribution < -0.4 is 0 Å². The molecule has 0 spiro atoms. The molecule has 0 amide bonds. The number of rotatable bonds is 5. The van der Waals surface area contributed by atoms with Gasteiger partial charge < -0.3 is 5.11 Å². The molecule has 1 rings (SSSR count). The monoisotopic (exact) mass is 230 g/mol. The lowest BCUT2D eigenvalue weighted by Crippen LogP contribution is -2.11. The Morgan fingerprint density at radius 1 is 1.47 bits per heavy atom. The van der Waals surface area contributed by atoms with E-state index in [9.17, 15) is 0 Å². The summed E-state index contributed by atoms with van der Waals surface area (Å²) < 4.78 is 1.83. The molecule has 0 saturated carbocycles. The van der Waals surface area contributed by atoms with Gasteiger partial charge in [-0.05, 0) is 18.8 Å². The number of hydrogen-bond donors (Lipinski definition) is 1. The van der Waals surface area contributed by atoms with Crippen LogP contribution in [-0.2, 0) is 19.9 Å². The summed E-state index contributed by atoms with van der Waals surface area (Å²) in [5.74, 6) is 0.280. The normalized spacial score (nSPS) is 13.1. The Balaban J connectivity index is 2.88. The van der Waals surface area contributed by atoms with Crippen molar-refractivity contribution in [2.24, 2.45) is 13.0 Å². The lowest BCUT2D eigenvalue weighted by Gasteiger charge is -2.11. The van der Waals surface area contributed by atoms with Gasteiger partial charge in [-0.1, -0.05) is 31.9 Å². The molecule has 0 fully saturated rings. The number of aliphatic hydroxyl groups excluding tert-OH is 1. The second kappa shape index (κ2) is 5.52. The van der Waals surface area contributed by atoms with Crippen LogP contribution in [0.15, 0.2) is 0 Å². The average Bonchev–Trinajstić information content (AvgIpc) is 2.51. The third-order valence-corrected chi connectivity index (χ3v) is 3.26. The summed E-state index contributed by atoms with van der Waals surface area (Å²) in [6, 6.07) is 0. The van der Waals surface area contributed by atoms with Crippen molar-refractivity contribution in [3.05, 3.63) is 16.4 Å². The lowest BCUT2D eigenvalue weighted by molar-refractivity contribution is 0.220. The van der Waals surface area contributed by atoms with Crippen molar-refractivity contribution < 1.29 is 5.11 Å². The zero-order chi connectivity index (χ0) is 11.4. The van der Waals surface area contributed by atoms with Gasteiger partial charge in [-0.2, -0.15) is 5.10 Å². The lowest BCUT2D eigenvalue weighted by atomic mass is 10.0. The zero-order valence-electron chi connectivity index (χ0n) is 9.63. The van der Waals surface area contributed by atoms with Gasteiger partial charge in [0.25, 0.3) is 0 Å². The average molecular weight is 231 g/mol. The maximum atomic E-state index is 9.16. The first-order chi connectivity index (χ1) is 7.13. The number of hydrogen-bond acceptors (Lipinski definition) is 2. The zero-order valence-corrected chi connectivity index (χ0v) is 10.4. The number of halogens is 1. The summed E-state index contributed by atoms with van der Waals surface area (Å²) >= 11 is 6.22. The summed E-state index contributed by atoms with van der Waals surface area (Å²) in [6.45, 7) is 4.33. The van der Waals surface area contributed by atoms with Gasteiger partial charge >= 0.3 is 0 Å². The molecule has 1 aromatic heterocycles. The predicted octanol–water partition coefficient (Wildman–Crippen LogP) is 2.20. The molecule has 15 heavy (non-hydrogen) atoms. The maximum absolute atomic E-state index is 9.16. The third-order valence-electron chi connectivity index (χ3n) is 2.82. The standard InChI is InChI=1S/C11H19ClN2O/c1-4-8(7-15)6-10-11(12)9(5-2)13-14(10)3/h8,15H,4-7H2,1-3H3. The molecule has 0 aliphatic carbocycles. The number of aromatic nitrogens is 2. The molecule has 0 aromatic carbocycles. The predicted molar refractivity (Wildman–Crippen MR) is 62.2 cm³/mol. The van der Waals surface area contributed by atoms with E-state index in [4.69, 9.17) is 16.7 Å². The largest absolute Gasteiger partial charge is 0.396 e. The van der Waals surface area contributed by atoms with Crippen LogP contribution in [0.3, 0.4) is 0 Å². The van der Waals surface area contributed by atoms with E-state index in [1.807, 2.05) is 18.7 Å². The summed E-state index contributed by atoms with van der Waals surface area (Å²) in [5, 5.41) is 14.3. The van der Waals surface area contributed by atoms with Crippen LogP contribution in [0.2, 0.25) is 5.02 Å². The van der Waals surface area contributed by atoms with Crippen LogP contribution in [0.5, 0.6) is 0 Å². The van der Waals surface area contributed by atoms with Gasteiger partial charge in [-0.3, -0.25) is 4.68 Å². The van der Waals surface area contributed by atoms with Crippen LogP contribution in [0.25, 0.3) is 0 Å². The van der Waals surface area contributed by atoms with Crippen molar-refractivity contribution in [2.45, 2.75) is 33.1 Å². The Morgan fingerprint density at radius 3 is 2.53 bits per heavy atom. The minimum Gasteiger partial charge on any atom is -0.396 e. The minimum atomic E-state index is 0.208. The van der Waals surface area contributed by atoms with Crippen molar-refractivity contribution >= 4 is 11.6 Å². The first-order valence-corrected chi connectivity index (χ1v) is 5.82. The minimum absolute atomic E-state index is 0.208. The third kappa shape index (κ3) is 2.73. The Kier molecular flexibility index (Phi) is 4.61. The maximum Gasteiger partial charge on any atom is 0.0849 e. The summed E-state index contributed by atoms with van der Waals surface area (Å²) in [7, 11) is 1.91. The number of aliphatic hydroxyl groups is 1. The fraction of sp³-hybridized carbons (Fsp3) is 0.727. The van der Waals surface area contributed by atoms with Crippen molar-refractivity contribution in [1.29, 1.82) is 0 Å². The van der Waals surface area contributed by atoms with Crippen molar-refractivity contribution in [3.8, 4) is 0 Å². The highest BCUT2D eigenvalue weighted by Gasteiger charge is 2.16. The fourth-order valence-corrected chi connectivity index (χ4v) is 2.02. The van der Waals surface area contributed by atoms with E-state index in [0.29, 0.717) is 0 Å². The SMILES string of the molecule is CCc1nn(C)c(CC(CC)CO)c1Cl. The molecule has 86 valence electrons. The molecular formula is C11H19ClN2O. The summed E-state index contributed by atoms with van der Waals surface area (Å²) in [6.07, 6.45) is 2.61.